The standard InChI is InChI=1S/C21H26N2O3/c1-13(2)12-26-15-9-10-16(18(24)11-15)21-20(14(3)22-23-21)17-7-5-6-8-19(17)25-4/h5-11,14,20-24H,1,12H2,2-4H3. The van der Waals surface area contributed by atoms with Crippen molar-refractivity contribution in [3.8, 4) is 17.2 Å². The van der Waals surface area contributed by atoms with Gasteiger partial charge in [-0.3, -0.25) is 5.43 Å². The number of aromatic hydroxyl groups is 1. The van der Waals surface area contributed by atoms with Crippen LogP contribution in [-0.4, -0.2) is 24.9 Å². The Balaban J connectivity index is 1.91. The Labute approximate surface area is 154 Å². The maximum atomic E-state index is 10.6. The number of benzene rings is 2. The Morgan fingerprint density at radius 2 is 1.92 bits per heavy atom. The Kier molecular flexibility index (Phi) is 5.49. The molecule has 2 aromatic rings. The van der Waals surface area contributed by atoms with E-state index < -0.39 is 0 Å². The van der Waals surface area contributed by atoms with Crippen molar-refractivity contribution < 1.29 is 14.6 Å². The molecule has 1 aliphatic rings. The quantitative estimate of drug-likeness (QED) is 0.691. The summed E-state index contributed by atoms with van der Waals surface area (Å²) >= 11 is 0. The van der Waals surface area contributed by atoms with Crippen molar-refractivity contribution in [1.82, 2.24) is 10.9 Å². The lowest BCUT2D eigenvalue weighted by Crippen LogP contribution is -2.29. The zero-order chi connectivity index (χ0) is 18.7. The third kappa shape index (κ3) is 3.69. The Morgan fingerprint density at radius 1 is 1.15 bits per heavy atom. The molecule has 3 unspecified atom stereocenters. The van der Waals surface area contributed by atoms with Gasteiger partial charge in [-0.05, 0) is 31.6 Å². The minimum Gasteiger partial charge on any atom is -0.507 e. The zero-order valence-electron chi connectivity index (χ0n) is 15.5. The number of hydrazine groups is 1. The van der Waals surface area contributed by atoms with Crippen LogP contribution in [0.2, 0.25) is 0 Å². The molecule has 1 aliphatic heterocycles. The van der Waals surface area contributed by atoms with Gasteiger partial charge in [0.05, 0.1) is 13.2 Å². The monoisotopic (exact) mass is 354 g/mol. The van der Waals surface area contributed by atoms with E-state index in [0.717, 1.165) is 22.4 Å². The molecule has 0 spiro atoms. The molecule has 0 amide bonds. The summed E-state index contributed by atoms with van der Waals surface area (Å²) in [4.78, 5) is 0. The van der Waals surface area contributed by atoms with Crippen LogP contribution >= 0.6 is 0 Å². The van der Waals surface area contributed by atoms with Gasteiger partial charge in [-0.25, -0.2) is 5.43 Å². The number of nitrogens with one attached hydrogen (secondary N) is 2. The van der Waals surface area contributed by atoms with Crippen molar-refractivity contribution in [2.24, 2.45) is 0 Å². The van der Waals surface area contributed by atoms with Crippen LogP contribution in [0, 0.1) is 0 Å². The molecule has 3 rings (SSSR count). The van der Waals surface area contributed by atoms with Gasteiger partial charge in [0.25, 0.3) is 0 Å². The highest BCUT2D eigenvalue weighted by molar-refractivity contribution is 5.46. The van der Waals surface area contributed by atoms with E-state index in [1.807, 2.05) is 37.3 Å². The molecule has 0 aliphatic carbocycles. The van der Waals surface area contributed by atoms with Crippen LogP contribution in [0.3, 0.4) is 0 Å². The topological polar surface area (TPSA) is 62.8 Å². The summed E-state index contributed by atoms with van der Waals surface area (Å²) in [5.74, 6) is 1.79. The van der Waals surface area contributed by atoms with Gasteiger partial charge < -0.3 is 14.6 Å². The van der Waals surface area contributed by atoms with E-state index in [4.69, 9.17) is 9.47 Å². The summed E-state index contributed by atoms with van der Waals surface area (Å²) in [6, 6.07) is 13.5. The minimum absolute atomic E-state index is 0.0866. The Morgan fingerprint density at radius 3 is 2.62 bits per heavy atom. The van der Waals surface area contributed by atoms with Crippen LogP contribution in [0.25, 0.3) is 0 Å². The molecule has 5 heteroatoms. The van der Waals surface area contributed by atoms with Gasteiger partial charge in [-0.15, -0.1) is 0 Å². The molecule has 1 fully saturated rings. The van der Waals surface area contributed by atoms with Gasteiger partial charge in [0, 0.05) is 29.2 Å². The van der Waals surface area contributed by atoms with Crippen LogP contribution in [0.5, 0.6) is 17.2 Å². The normalized spacial score (nSPS) is 22.2. The molecule has 5 nitrogen and oxygen atoms in total. The highest BCUT2D eigenvalue weighted by Crippen LogP contribution is 2.43. The van der Waals surface area contributed by atoms with E-state index in [9.17, 15) is 5.11 Å². The molecule has 1 saturated heterocycles. The van der Waals surface area contributed by atoms with Gasteiger partial charge in [-0.2, -0.15) is 0 Å². The fourth-order valence-electron chi connectivity index (χ4n) is 3.43. The maximum Gasteiger partial charge on any atom is 0.124 e. The van der Waals surface area contributed by atoms with Gasteiger partial charge in [0.1, 0.15) is 23.9 Å². The number of hydrogen-bond donors (Lipinski definition) is 3. The minimum atomic E-state index is -0.0866. The largest absolute Gasteiger partial charge is 0.507 e. The molecule has 26 heavy (non-hydrogen) atoms. The fourth-order valence-corrected chi connectivity index (χ4v) is 3.43. The predicted octanol–water partition coefficient (Wildman–Crippen LogP) is 3.68. The van der Waals surface area contributed by atoms with E-state index in [1.54, 1.807) is 13.2 Å². The van der Waals surface area contributed by atoms with E-state index in [1.165, 1.54) is 0 Å². The van der Waals surface area contributed by atoms with Gasteiger partial charge >= 0.3 is 0 Å². The second-order valence-corrected chi connectivity index (χ2v) is 6.79. The number of rotatable bonds is 6. The van der Waals surface area contributed by atoms with Crippen molar-refractivity contribution in [1.29, 1.82) is 0 Å². The molecular formula is C21H26N2O3. The molecule has 2 aromatic carbocycles. The smallest absolute Gasteiger partial charge is 0.124 e. The van der Waals surface area contributed by atoms with Crippen molar-refractivity contribution in [3.05, 3.63) is 65.7 Å². The zero-order valence-corrected chi connectivity index (χ0v) is 15.5. The van der Waals surface area contributed by atoms with Crippen LogP contribution in [0.4, 0.5) is 0 Å². The summed E-state index contributed by atoms with van der Waals surface area (Å²) in [6.07, 6.45) is 0. The van der Waals surface area contributed by atoms with Gasteiger partial charge in [0.15, 0.2) is 0 Å². The lowest BCUT2D eigenvalue weighted by Gasteiger charge is -2.24. The van der Waals surface area contributed by atoms with Gasteiger partial charge in [0.2, 0.25) is 0 Å². The Bertz CT molecular complexity index is 791. The summed E-state index contributed by atoms with van der Waals surface area (Å²) < 4.78 is 11.2. The molecule has 0 bridgehead atoms. The average molecular weight is 354 g/mol. The summed E-state index contributed by atoms with van der Waals surface area (Å²) in [5, 5.41) is 10.6. The number of phenolic OH excluding ortho intramolecular Hbond substituents is 1. The number of hydrogen-bond acceptors (Lipinski definition) is 5. The highest BCUT2D eigenvalue weighted by Gasteiger charge is 2.38. The molecule has 0 saturated carbocycles. The summed E-state index contributed by atoms with van der Waals surface area (Å²) in [5.41, 5.74) is 9.46. The SMILES string of the molecule is C=C(C)COc1ccc(C2NNC(C)C2c2ccccc2OC)c(O)c1. The lowest BCUT2D eigenvalue weighted by molar-refractivity contribution is 0.348. The first-order chi connectivity index (χ1) is 12.5. The molecular weight excluding hydrogens is 328 g/mol. The molecule has 0 aromatic heterocycles. The number of methoxy groups -OCH3 is 1. The fraction of sp³-hybridized carbons (Fsp3) is 0.333. The first-order valence-electron chi connectivity index (χ1n) is 8.75. The molecule has 3 atom stereocenters. The molecule has 3 N–H and O–H groups in total. The number of phenols is 1. The van der Waals surface area contributed by atoms with Crippen LogP contribution in [0.1, 0.15) is 36.9 Å². The van der Waals surface area contributed by atoms with Crippen molar-refractivity contribution in [3.63, 3.8) is 0 Å². The summed E-state index contributed by atoms with van der Waals surface area (Å²) in [6.45, 7) is 8.28. The predicted molar refractivity (Wildman–Crippen MR) is 103 cm³/mol. The third-order valence-corrected chi connectivity index (χ3v) is 4.68. The summed E-state index contributed by atoms with van der Waals surface area (Å²) in [7, 11) is 1.68. The van der Waals surface area contributed by atoms with Crippen molar-refractivity contribution in [2.75, 3.05) is 13.7 Å². The molecule has 138 valence electrons. The highest BCUT2D eigenvalue weighted by atomic mass is 16.5. The second kappa shape index (κ2) is 7.81. The average Bonchev–Trinajstić information content (AvgIpc) is 3.01. The Hall–Kier alpha value is -2.50. The second-order valence-electron chi connectivity index (χ2n) is 6.79. The van der Waals surface area contributed by atoms with Crippen LogP contribution in [0.15, 0.2) is 54.6 Å². The lowest BCUT2D eigenvalue weighted by atomic mass is 9.83. The first kappa shape index (κ1) is 18.3. The maximum absolute atomic E-state index is 10.6. The van der Waals surface area contributed by atoms with E-state index in [0.29, 0.717) is 12.4 Å². The van der Waals surface area contributed by atoms with Crippen LogP contribution in [-0.2, 0) is 0 Å². The first-order valence-corrected chi connectivity index (χ1v) is 8.75. The van der Waals surface area contributed by atoms with Crippen molar-refractivity contribution >= 4 is 0 Å². The van der Waals surface area contributed by atoms with Crippen LogP contribution < -0.4 is 20.3 Å². The van der Waals surface area contributed by atoms with E-state index in [2.05, 4.69) is 30.4 Å². The number of para-hydroxylation sites is 1. The van der Waals surface area contributed by atoms with E-state index in [-0.39, 0.29) is 23.8 Å². The molecule has 1 heterocycles. The van der Waals surface area contributed by atoms with E-state index >= 15 is 0 Å². The third-order valence-electron chi connectivity index (χ3n) is 4.68. The van der Waals surface area contributed by atoms with Gasteiger partial charge in [-0.1, -0.05) is 30.8 Å². The number of ether oxygens (including phenoxy) is 2. The van der Waals surface area contributed by atoms with Crippen molar-refractivity contribution in [2.45, 2.75) is 31.8 Å². The molecule has 0 radical (unpaired) electrons.